The lowest BCUT2D eigenvalue weighted by Crippen LogP contribution is -2.30. The maximum absolute atomic E-state index is 12.2. The molecular weight excluding hydrogens is 294 g/mol. The highest BCUT2D eigenvalue weighted by atomic mass is 35.5. The molecule has 21 heavy (non-hydrogen) atoms. The average Bonchev–Trinajstić information content (AvgIpc) is 2.85. The first-order valence-corrected chi connectivity index (χ1v) is 7.06. The number of halogens is 1. The van der Waals surface area contributed by atoms with Crippen LogP contribution in [-0.2, 0) is 11.3 Å². The topological polar surface area (TPSA) is 73.1 Å². The Morgan fingerprint density at radius 3 is 2.81 bits per heavy atom. The van der Waals surface area contributed by atoms with E-state index in [1.54, 1.807) is 23.4 Å². The molecule has 2 aromatic rings. The van der Waals surface area contributed by atoms with Gasteiger partial charge in [-0.25, -0.2) is 9.97 Å². The first-order valence-electron chi connectivity index (χ1n) is 6.62. The molecular formula is C13H18ClN5O2. The molecule has 2 heterocycles. The number of alkyl halides is 1. The molecule has 0 fully saturated rings. The van der Waals surface area contributed by atoms with Crippen molar-refractivity contribution >= 4 is 28.7 Å². The highest BCUT2D eigenvalue weighted by Gasteiger charge is 2.21. The van der Waals surface area contributed by atoms with Gasteiger partial charge in [-0.2, -0.15) is 4.98 Å². The molecule has 0 N–H and O–H groups in total. The Morgan fingerprint density at radius 2 is 2.24 bits per heavy atom. The van der Waals surface area contributed by atoms with E-state index in [2.05, 4.69) is 15.0 Å². The van der Waals surface area contributed by atoms with E-state index >= 15 is 0 Å². The Balaban J connectivity index is 2.54. The van der Waals surface area contributed by atoms with E-state index in [1.165, 1.54) is 13.4 Å². The molecule has 0 saturated carbocycles. The number of carbonyl (C=O) groups excluding carboxylic acids is 1. The first-order chi connectivity index (χ1) is 9.99. The second-order valence-electron chi connectivity index (χ2n) is 4.64. The van der Waals surface area contributed by atoms with Gasteiger partial charge >= 0.3 is 0 Å². The third-order valence-electron chi connectivity index (χ3n) is 3.27. The van der Waals surface area contributed by atoms with E-state index in [1.807, 2.05) is 6.92 Å². The van der Waals surface area contributed by atoms with Crippen molar-refractivity contribution in [2.75, 3.05) is 20.7 Å². The standard InChI is InChI=1S/C13H18ClN5O2/c1-5-18(3)9(20)6-19-11(8(2)14)17-10-12(19)15-7-16-13(10)21-4/h7-8H,5-6H2,1-4H3. The van der Waals surface area contributed by atoms with Crippen molar-refractivity contribution in [1.29, 1.82) is 0 Å². The van der Waals surface area contributed by atoms with Crippen molar-refractivity contribution in [3.63, 3.8) is 0 Å². The number of carbonyl (C=O) groups is 1. The monoisotopic (exact) mass is 311 g/mol. The summed E-state index contributed by atoms with van der Waals surface area (Å²) in [4.78, 5) is 26.5. The van der Waals surface area contributed by atoms with E-state index in [9.17, 15) is 4.79 Å². The van der Waals surface area contributed by atoms with Gasteiger partial charge in [0, 0.05) is 13.6 Å². The largest absolute Gasteiger partial charge is 0.479 e. The fraction of sp³-hybridized carbons (Fsp3) is 0.538. The molecule has 1 unspecified atom stereocenters. The van der Waals surface area contributed by atoms with E-state index in [0.717, 1.165) is 0 Å². The van der Waals surface area contributed by atoms with Gasteiger partial charge in [-0.15, -0.1) is 11.6 Å². The maximum Gasteiger partial charge on any atom is 0.245 e. The van der Waals surface area contributed by atoms with Gasteiger partial charge in [0.05, 0.1) is 12.5 Å². The molecule has 0 aliphatic carbocycles. The van der Waals surface area contributed by atoms with Gasteiger partial charge in [0.15, 0.2) is 11.2 Å². The molecule has 0 aliphatic heterocycles. The highest BCUT2D eigenvalue weighted by molar-refractivity contribution is 6.20. The minimum Gasteiger partial charge on any atom is -0.479 e. The Kier molecular flexibility index (Phi) is 4.62. The SMILES string of the molecule is CCN(C)C(=O)Cn1c(C(C)Cl)nc2c(OC)ncnc21. The minimum absolute atomic E-state index is 0.0343. The smallest absolute Gasteiger partial charge is 0.245 e. The number of nitrogens with zero attached hydrogens (tertiary/aromatic N) is 5. The first kappa shape index (κ1) is 15.5. The number of likely N-dealkylation sites (N-methyl/N-ethyl adjacent to an activating group) is 1. The van der Waals surface area contributed by atoms with Crippen LogP contribution < -0.4 is 4.74 Å². The minimum atomic E-state index is -0.358. The number of amides is 1. The normalized spacial score (nSPS) is 12.4. The highest BCUT2D eigenvalue weighted by Crippen LogP contribution is 2.27. The number of imidazole rings is 1. The van der Waals surface area contributed by atoms with Crippen LogP contribution >= 0.6 is 11.6 Å². The van der Waals surface area contributed by atoms with Crippen LogP contribution in [0.4, 0.5) is 0 Å². The number of methoxy groups -OCH3 is 1. The third-order valence-corrected chi connectivity index (χ3v) is 3.47. The summed E-state index contributed by atoms with van der Waals surface area (Å²) < 4.78 is 6.90. The number of rotatable bonds is 5. The fourth-order valence-corrected chi connectivity index (χ4v) is 2.14. The molecule has 0 aromatic carbocycles. The van der Waals surface area contributed by atoms with Crippen LogP contribution in [0, 0.1) is 0 Å². The van der Waals surface area contributed by atoms with Gasteiger partial charge in [0.2, 0.25) is 11.8 Å². The van der Waals surface area contributed by atoms with Crippen LogP contribution in [0.5, 0.6) is 5.88 Å². The number of ether oxygens (including phenoxy) is 1. The molecule has 0 aliphatic rings. The summed E-state index contributed by atoms with van der Waals surface area (Å²) >= 11 is 6.17. The van der Waals surface area contributed by atoms with Crippen LogP contribution in [0.3, 0.4) is 0 Å². The average molecular weight is 312 g/mol. The van der Waals surface area contributed by atoms with Crippen molar-refractivity contribution in [2.45, 2.75) is 25.8 Å². The van der Waals surface area contributed by atoms with Gasteiger partial charge in [-0.05, 0) is 13.8 Å². The molecule has 0 radical (unpaired) electrons. The molecule has 0 saturated heterocycles. The summed E-state index contributed by atoms with van der Waals surface area (Å²) in [7, 11) is 3.27. The summed E-state index contributed by atoms with van der Waals surface area (Å²) in [5.74, 6) is 0.907. The second-order valence-corrected chi connectivity index (χ2v) is 5.29. The number of hydrogen-bond acceptors (Lipinski definition) is 5. The zero-order valence-electron chi connectivity index (χ0n) is 12.5. The van der Waals surface area contributed by atoms with Gasteiger partial charge in [-0.1, -0.05) is 0 Å². The molecule has 2 aromatic heterocycles. The number of hydrogen-bond donors (Lipinski definition) is 0. The summed E-state index contributed by atoms with van der Waals surface area (Å²) in [5.41, 5.74) is 1.05. The fourth-order valence-electron chi connectivity index (χ4n) is 1.97. The van der Waals surface area contributed by atoms with Crippen molar-refractivity contribution in [3.05, 3.63) is 12.2 Å². The predicted molar refractivity (Wildman–Crippen MR) is 79.5 cm³/mol. The molecule has 8 heteroatoms. The Morgan fingerprint density at radius 1 is 1.52 bits per heavy atom. The number of aromatic nitrogens is 4. The quantitative estimate of drug-likeness (QED) is 0.784. The van der Waals surface area contributed by atoms with E-state index in [4.69, 9.17) is 16.3 Å². The second kappa shape index (κ2) is 6.26. The van der Waals surface area contributed by atoms with Crippen LogP contribution in [-0.4, -0.2) is 51.0 Å². The lowest BCUT2D eigenvalue weighted by molar-refractivity contribution is -0.130. The molecule has 1 amide bonds. The molecule has 0 bridgehead atoms. The summed E-state index contributed by atoms with van der Waals surface area (Å²) in [6.45, 7) is 4.48. The lowest BCUT2D eigenvalue weighted by Gasteiger charge is -2.16. The van der Waals surface area contributed by atoms with Crippen LogP contribution in [0.25, 0.3) is 11.2 Å². The molecule has 2 rings (SSSR count). The van der Waals surface area contributed by atoms with Crippen LogP contribution in [0.1, 0.15) is 25.0 Å². The van der Waals surface area contributed by atoms with Crippen molar-refractivity contribution in [1.82, 2.24) is 24.4 Å². The van der Waals surface area contributed by atoms with E-state index in [0.29, 0.717) is 29.4 Å². The van der Waals surface area contributed by atoms with Crippen molar-refractivity contribution < 1.29 is 9.53 Å². The predicted octanol–water partition coefficient (Wildman–Crippen LogP) is 1.61. The van der Waals surface area contributed by atoms with Gasteiger partial charge in [-0.3, -0.25) is 4.79 Å². The van der Waals surface area contributed by atoms with Gasteiger partial charge in [0.1, 0.15) is 18.7 Å². The van der Waals surface area contributed by atoms with Gasteiger partial charge in [0.25, 0.3) is 0 Å². The van der Waals surface area contributed by atoms with Crippen LogP contribution in [0.15, 0.2) is 6.33 Å². The van der Waals surface area contributed by atoms with E-state index in [-0.39, 0.29) is 17.8 Å². The molecule has 0 spiro atoms. The third kappa shape index (κ3) is 2.92. The molecule has 114 valence electrons. The Labute approximate surface area is 127 Å². The van der Waals surface area contributed by atoms with E-state index < -0.39 is 0 Å². The maximum atomic E-state index is 12.2. The Bertz CT molecular complexity index is 655. The summed E-state index contributed by atoms with van der Waals surface area (Å²) in [6, 6.07) is 0. The zero-order valence-corrected chi connectivity index (χ0v) is 13.3. The van der Waals surface area contributed by atoms with Crippen molar-refractivity contribution in [2.24, 2.45) is 0 Å². The Hall–Kier alpha value is -1.89. The zero-order chi connectivity index (χ0) is 15.6. The van der Waals surface area contributed by atoms with Crippen LogP contribution in [0.2, 0.25) is 0 Å². The number of fused-ring (bicyclic) bond motifs is 1. The lowest BCUT2D eigenvalue weighted by atomic mass is 10.4. The molecule has 1 atom stereocenters. The van der Waals surface area contributed by atoms with Gasteiger partial charge < -0.3 is 14.2 Å². The summed E-state index contributed by atoms with van der Waals surface area (Å²) in [5, 5.41) is -0.358. The molecule has 7 nitrogen and oxygen atoms in total. The summed E-state index contributed by atoms with van der Waals surface area (Å²) in [6.07, 6.45) is 1.38. The van der Waals surface area contributed by atoms with Crippen molar-refractivity contribution in [3.8, 4) is 5.88 Å².